The zero-order valence-corrected chi connectivity index (χ0v) is 17.7. The number of H-pyrrole nitrogens is 1. The molecule has 150 valence electrons. The number of aldehydes is 1. The second kappa shape index (κ2) is 10.8. The van der Waals surface area contributed by atoms with Gasteiger partial charge in [0.25, 0.3) is 0 Å². The van der Waals surface area contributed by atoms with Gasteiger partial charge in [0, 0.05) is 24.9 Å². The summed E-state index contributed by atoms with van der Waals surface area (Å²) >= 11 is 8.39. The van der Waals surface area contributed by atoms with Crippen LogP contribution in [0.3, 0.4) is 0 Å². The molecule has 2 N–H and O–H groups in total. The molecular weight excluding hydrogens is 394 g/mol. The number of benzene rings is 1. The van der Waals surface area contributed by atoms with Crippen LogP contribution in [0.15, 0.2) is 30.5 Å². The summed E-state index contributed by atoms with van der Waals surface area (Å²) in [7, 11) is 0. The average molecular weight is 420 g/mol. The summed E-state index contributed by atoms with van der Waals surface area (Å²) in [4.78, 5) is 27.1. The minimum Gasteiger partial charge on any atom is -0.384 e. The first-order chi connectivity index (χ1) is 13.5. The van der Waals surface area contributed by atoms with E-state index in [0.29, 0.717) is 12.7 Å². The lowest BCUT2D eigenvalue weighted by Gasteiger charge is -2.22. The van der Waals surface area contributed by atoms with Crippen molar-refractivity contribution in [3.63, 3.8) is 0 Å². The van der Waals surface area contributed by atoms with Gasteiger partial charge in [0.2, 0.25) is 16.5 Å². The molecule has 0 bridgehead atoms. The summed E-state index contributed by atoms with van der Waals surface area (Å²) in [6, 6.07) is 6.20. The number of rotatable bonds is 2. The summed E-state index contributed by atoms with van der Waals surface area (Å²) in [5, 5.41) is 5.84. The van der Waals surface area contributed by atoms with Gasteiger partial charge in [-0.3, -0.25) is 19.6 Å². The molecule has 1 aromatic carbocycles. The van der Waals surface area contributed by atoms with Crippen LogP contribution in [-0.4, -0.2) is 32.9 Å². The zero-order valence-electron chi connectivity index (χ0n) is 16.0. The van der Waals surface area contributed by atoms with Crippen molar-refractivity contribution < 1.29 is 9.59 Å². The minimum atomic E-state index is 0.181. The van der Waals surface area contributed by atoms with Crippen LogP contribution < -0.4 is 10.2 Å². The molecule has 2 aliphatic heterocycles. The Kier molecular flexibility index (Phi) is 8.46. The number of hydrogen-bond donors (Lipinski definition) is 3. The van der Waals surface area contributed by atoms with Crippen LogP contribution in [0.25, 0.3) is 0 Å². The fraction of sp³-hybridized carbons (Fsp3) is 0.368. The SMILES string of the molecule is CCC.O=C1CCC=CN1c1ccc2c(c1)NCC2.O=Cc1nc(=S)[nH]n1S. The number of fused-ring (bicyclic) bond motifs is 1. The van der Waals surface area contributed by atoms with Crippen molar-refractivity contribution in [2.75, 3.05) is 16.8 Å². The Labute approximate surface area is 175 Å². The van der Waals surface area contributed by atoms with Gasteiger partial charge in [-0.1, -0.05) is 32.4 Å². The van der Waals surface area contributed by atoms with Crippen molar-refractivity contribution in [3.8, 4) is 0 Å². The van der Waals surface area contributed by atoms with E-state index in [1.165, 1.54) is 17.7 Å². The van der Waals surface area contributed by atoms with Crippen molar-refractivity contribution in [1.29, 1.82) is 0 Å². The van der Waals surface area contributed by atoms with E-state index in [1.54, 1.807) is 4.90 Å². The number of carbonyl (C=O) groups excluding carboxylic acids is 2. The highest BCUT2D eigenvalue weighted by Crippen LogP contribution is 2.29. The Balaban J connectivity index is 0.000000199. The summed E-state index contributed by atoms with van der Waals surface area (Å²) in [6.45, 7) is 5.25. The van der Waals surface area contributed by atoms with E-state index in [1.807, 2.05) is 18.3 Å². The topological polar surface area (TPSA) is 83.0 Å². The highest BCUT2D eigenvalue weighted by Gasteiger charge is 2.18. The maximum Gasteiger partial charge on any atom is 0.231 e. The zero-order chi connectivity index (χ0) is 20.5. The third-order valence-electron chi connectivity index (χ3n) is 3.87. The van der Waals surface area contributed by atoms with Crippen LogP contribution >= 0.6 is 25.0 Å². The molecule has 0 saturated carbocycles. The number of amides is 1. The van der Waals surface area contributed by atoms with Gasteiger partial charge in [-0.05, 0) is 55.6 Å². The molecule has 1 aromatic heterocycles. The Morgan fingerprint density at radius 3 is 2.64 bits per heavy atom. The number of allylic oxidation sites excluding steroid dienone is 1. The molecule has 7 nitrogen and oxygen atoms in total. The van der Waals surface area contributed by atoms with E-state index >= 15 is 0 Å². The number of anilines is 2. The number of thiol groups is 1. The van der Waals surface area contributed by atoms with Crippen LogP contribution in [0, 0.1) is 4.77 Å². The monoisotopic (exact) mass is 419 g/mol. The second-order valence-corrected chi connectivity index (χ2v) is 7.02. The number of aromatic amines is 1. The van der Waals surface area contributed by atoms with Crippen LogP contribution in [0.4, 0.5) is 11.4 Å². The molecule has 9 heteroatoms. The molecule has 0 spiro atoms. The molecule has 0 fully saturated rings. The second-order valence-electron chi connectivity index (χ2n) is 6.23. The van der Waals surface area contributed by atoms with Crippen molar-refractivity contribution in [1.82, 2.24) is 14.2 Å². The van der Waals surface area contributed by atoms with E-state index in [2.05, 4.69) is 66.4 Å². The summed E-state index contributed by atoms with van der Waals surface area (Å²) < 4.78 is 1.42. The Bertz CT molecular complexity index is 904. The molecule has 2 aliphatic rings. The molecule has 1 amide bonds. The number of hydrogen-bond acceptors (Lipinski definition) is 6. The third kappa shape index (κ3) is 5.80. The highest BCUT2D eigenvalue weighted by molar-refractivity contribution is 7.78. The number of nitrogens with zero attached hydrogens (tertiary/aromatic N) is 3. The van der Waals surface area contributed by atoms with Crippen molar-refractivity contribution in [2.24, 2.45) is 0 Å². The van der Waals surface area contributed by atoms with Crippen molar-refractivity contribution >= 4 is 48.6 Å². The number of aromatic nitrogens is 3. The van der Waals surface area contributed by atoms with E-state index in [-0.39, 0.29) is 16.5 Å². The van der Waals surface area contributed by atoms with Gasteiger partial charge in [-0.15, -0.1) is 0 Å². The largest absolute Gasteiger partial charge is 0.384 e. The molecule has 0 aliphatic carbocycles. The summed E-state index contributed by atoms with van der Waals surface area (Å²) in [6.07, 6.45) is 8.29. The molecular formula is C19H25N5O2S2. The summed E-state index contributed by atoms with van der Waals surface area (Å²) in [5.74, 6) is 0.365. The highest BCUT2D eigenvalue weighted by atomic mass is 32.1. The Morgan fingerprint density at radius 2 is 2.07 bits per heavy atom. The van der Waals surface area contributed by atoms with Crippen LogP contribution in [-0.2, 0) is 11.2 Å². The van der Waals surface area contributed by atoms with Gasteiger partial charge in [-0.2, -0.15) is 4.98 Å². The van der Waals surface area contributed by atoms with E-state index in [0.717, 1.165) is 29.2 Å². The normalized spacial score (nSPS) is 14.2. The lowest BCUT2D eigenvalue weighted by molar-refractivity contribution is -0.118. The van der Waals surface area contributed by atoms with Gasteiger partial charge >= 0.3 is 0 Å². The fourth-order valence-corrected chi connectivity index (χ4v) is 3.09. The van der Waals surface area contributed by atoms with Crippen molar-refractivity contribution in [3.05, 3.63) is 46.6 Å². The van der Waals surface area contributed by atoms with Gasteiger partial charge in [-0.25, -0.2) is 4.09 Å². The van der Waals surface area contributed by atoms with Gasteiger partial charge in [0.1, 0.15) is 0 Å². The molecule has 28 heavy (non-hydrogen) atoms. The van der Waals surface area contributed by atoms with E-state index in [4.69, 9.17) is 0 Å². The first-order valence-corrected chi connectivity index (χ1v) is 10.00. The Hall–Kier alpha value is -2.39. The predicted octanol–water partition coefficient (Wildman–Crippen LogP) is 4.16. The lowest BCUT2D eigenvalue weighted by atomic mass is 10.1. The summed E-state index contributed by atoms with van der Waals surface area (Å²) in [5.41, 5.74) is 3.48. The molecule has 0 saturated heterocycles. The van der Waals surface area contributed by atoms with Crippen LogP contribution in [0.1, 0.15) is 49.3 Å². The van der Waals surface area contributed by atoms with Gasteiger partial charge < -0.3 is 5.32 Å². The lowest BCUT2D eigenvalue weighted by Crippen LogP contribution is -2.27. The molecule has 3 heterocycles. The molecule has 0 unspecified atom stereocenters. The van der Waals surface area contributed by atoms with Crippen molar-refractivity contribution in [2.45, 2.75) is 39.5 Å². The average Bonchev–Trinajstić information content (AvgIpc) is 3.28. The first-order valence-electron chi connectivity index (χ1n) is 9.19. The van der Waals surface area contributed by atoms with Gasteiger partial charge in [0.15, 0.2) is 6.29 Å². The quantitative estimate of drug-likeness (QED) is 0.387. The number of nitrogens with one attached hydrogen (secondary N) is 2. The molecule has 2 aromatic rings. The van der Waals surface area contributed by atoms with Crippen LogP contribution in [0.5, 0.6) is 0 Å². The molecule has 0 radical (unpaired) electrons. The van der Waals surface area contributed by atoms with E-state index < -0.39 is 0 Å². The third-order valence-corrected chi connectivity index (χ3v) is 4.36. The molecule has 4 rings (SSSR count). The fourth-order valence-electron chi connectivity index (χ4n) is 2.65. The number of carbonyl (C=O) groups is 2. The Morgan fingerprint density at radius 1 is 1.32 bits per heavy atom. The molecule has 0 atom stereocenters. The predicted molar refractivity (Wildman–Crippen MR) is 118 cm³/mol. The first kappa shape index (κ1) is 21.9. The smallest absolute Gasteiger partial charge is 0.231 e. The standard InChI is InChI=1S/C13H14N2O.C3H3N3OS2.C3H8/c16-13-3-1-2-8-15(13)11-5-4-10-6-7-14-12(10)9-11;7-1-2-4-3(8)5-6(2)9;1-3-2/h2,4-5,8-9,14H,1,3,6-7H2;1,9H,(H,5,8);3H2,1-2H3. The minimum absolute atomic E-state index is 0.181. The maximum atomic E-state index is 11.7. The van der Waals surface area contributed by atoms with E-state index in [9.17, 15) is 9.59 Å². The van der Waals surface area contributed by atoms with Crippen LogP contribution in [0.2, 0.25) is 0 Å². The van der Waals surface area contributed by atoms with Gasteiger partial charge in [0.05, 0.1) is 5.69 Å². The maximum absolute atomic E-state index is 11.7.